The maximum Gasteiger partial charge on any atom is 0.407 e. The van der Waals surface area contributed by atoms with Crippen molar-refractivity contribution in [2.24, 2.45) is 11.3 Å². The van der Waals surface area contributed by atoms with Crippen LogP contribution in [0, 0.1) is 18.3 Å². The SMILES string of the molecule is CCCCNC(=O)O[C@H]1CC[C@H](C(=O)N(CC23CCC(c4ccc(OC)c(C)c4)(CC2)CC3)c2cc(-c3cnn(C(C)(CC)CC)c3)ccn2)CC1. The minimum Gasteiger partial charge on any atom is -0.496 e. The predicted octanol–water partition coefficient (Wildman–Crippen LogP) is 9.51. The molecule has 9 heteroatoms. The van der Waals surface area contributed by atoms with Crippen LogP contribution >= 0.6 is 0 Å². The van der Waals surface area contributed by atoms with Crippen molar-refractivity contribution in [1.29, 1.82) is 0 Å². The Morgan fingerprint density at radius 3 is 2.33 bits per heavy atom. The number of nitrogens with one attached hydrogen (secondary N) is 1. The molecule has 1 aromatic carbocycles. The fourth-order valence-corrected chi connectivity index (χ4v) is 9.04. The maximum absolute atomic E-state index is 14.7. The Kier molecular flexibility index (Phi) is 11.7. The number of amides is 2. The summed E-state index contributed by atoms with van der Waals surface area (Å²) in [6.07, 6.45) is 18.8. The number of fused-ring (bicyclic) bond motifs is 3. The Morgan fingerprint density at radius 1 is 0.981 bits per heavy atom. The van der Waals surface area contributed by atoms with Gasteiger partial charge in [-0.3, -0.25) is 14.4 Å². The number of alkyl carbamates (subject to hydrolysis) is 1. The standard InChI is InChI=1S/C43H61N5O4/c1-7-10-24-45-40(50)52-36-14-11-32(12-15-36)39(49)47(38-27-33(17-25-44-38)34-28-46-48(29-34)41(5,8-2)9-3)30-42-18-21-43(22-19-42,23-20-42)35-13-16-37(51-6)31(4)26-35/h13,16-17,25-29,32,36H,7-12,14-15,18-24,30H2,1-6H3,(H,45,50)/t32-,36-,42?,43?. The summed E-state index contributed by atoms with van der Waals surface area (Å²) < 4.78 is 13.4. The first-order chi connectivity index (χ1) is 25.1. The van der Waals surface area contributed by atoms with E-state index in [-0.39, 0.29) is 40.4 Å². The Hall–Kier alpha value is -3.88. The van der Waals surface area contributed by atoms with Crippen molar-refractivity contribution in [3.63, 3.8) is 0 Å². The zero-order valence-corrected chi connectivity index (χ0v) is 32.5. The normalized spacial score (nSPS) is 24.3. The average Bonchev–Trinajstić information content (AvgIpc) is 3.69. The van der Waals surface area contributed by atoms with Crippen LogP contribution in [0.25, 0.3) is 11.1 Å². The van der Waals surface area contributed by atoms with E-state index in [0.29, 0.717) is 38.8 Å². The summed E-state index contributed by atoms with van der Waals surface area (Å²) in [5.41, 5.74) is 4.88. The zero-order chi connectivity index (χ0) is 36.9. The molecule has 1 N–H and O–H groups in total. The lowest BCUT2D eigenvalue weighted by Crippen LogP contribution is -2.52. The van der Waals surface area contributed by atoms with E-state index in [4.69, 9.17) is 19.6 Å². The molecular weight excluding hydrogens is 651 g/mol. The van der Waals surface area contributed by atoms with Crippen LogP contribution in [0.15, 0.2) is 48.9 Å². The molecule has 4 aliphatic carbocycles. The summed E-state index contributed by atoms with van der Waals surface area (Å²) >= 11 is 0. The zero-order valence-electron chi connectivity index (χ0n) is 32.5. The molecule has 52 heavy (non-hydrogen) atoms. The molecule has 2 heterocycles. The van der Waals surface area contributed by atoms with Crippen molar-refractivity contribution < 1.29 is 19.1 Å². The van der Waals surface area contributed by atoms with Crippen LogP contribution < -0.4 is 15.0 Å². The maximum atomic E-state index is 14.7. The number of carbonyl (C=O) groups is 2. The van der Waals surface area contributed by atoms with Gasteiger partial charge in [-0.2, -0.15) is 5.10 Å². The predicted molar refractivity (Wildman–Crippen MR) is 207 cm³/mol. The number of unbranched alkanes of at least 4 members (excludes halogenated alkanes) is 1. The number of methoxy groups -OCH3 is 1. The lowest BCUT2D eigenvalue weighted by Gasteiger charge is -2.55. The number of hydrogen-bond acceptors (Lipinski definition) is 6. The second-order valence-electron chi connectivity index (χ2n) is 16.3. The molecule has 2 amide bonds. The molecule has 9 nitrogen and oxygen atoms in total. The van der Waals surface area contributed by atoms with E-state index in [9.17, 15) is 9.59 Å². The topological polar surface area (TPSA) is 98.6 Å². The van der Waals surface area contributed by atoms with E-state index in [1.54, 1.807) is 7.11 Å². The van der Waals surface area contributed by atoms with Gasteiger partial charge in [0.2, 0.25) is 5.91 Å². The van der Waals surface area contributed by atoms with Crippen LogP contribution in [0.1, 0.15) is 129 Å². The highest BCUT2D eigenvalue weighted by atomic mass is 16.6. The summed E-state index contributed by atoms with van der Waals surface area (Å²) in [6.45, 7) is 12.2. The highest BCUT2D eigenvalue weighted by molar-refractivity contribution is 5.95. The number of aryl methyl sites for hydroxylation is 1. The van der Waals surface area contributed by atoms with E-state index in [1.807, 2.05) is 23.4 Å². The molecular formula is C43H61N5O4. The molecule has 4 saturated carbocycles. The van der Waals surface area contributed by atoms with Crippen molar-refractivity contribution in [1.82, 2.24) is 20.1 Å². The van der Waals surface area contributed by atoms with Gasteiger partial charge in [-0.1, -0.05) is 39.3 Å². The second kappa shape index (κ2) is 16.0. The molecule has 2 bridgehead atoms. The third kappa shape index (κ3) is 7.89. The van der Waals surface area contributed by atoms with E-state index < -0.39 is 0 Å². The van der Waals surface area contributed by atoms with Gasteiger partial charge in [0.15, 0.2) is 0 Å². The molecule has 282 valence electrons. The smallest absolute Gasteiger partial charge is 0.407 e. The van der Waals surface area contributed by atoms with Crippen LogP contribution in [0.2, 0.25) is 0 Å². The van der Waals surface area contributed by atoms with Crippen LogP contribution in [0.4, 0.5) is 10.6 Å². The Labute approximate surface area is 311 Å². The number of anilines is 1. The Balaban J connectivity index is 1.22. The molecule has 7 rings (SSSR count). The molecule has 0 radical (unpaired) electrons. The van der Waals surface area contributed by atoms with E-state index in [2.05, 4.69) is 75.1 Å². The first-order valence-electron chi connectivity index (χ1n) is 20.0. The van der Waals surface area contributed by atoms with Crippen LogP contribution in [0.3, 0.4) is 0 Å². The quantitative estimate of drug-likeness (QED) is 0.167. The van der Waals surface area contributed by atoms with Gasteiger partial charge in [-0.05, 0) is 143 Å². The summed E-state index contributed by atoms with van der Waals surface area (Å²) in [7, 11) is 1.74. The number of rotatable bonds is 14. The number of nitrogens with zero attached hydrogens (tertiary/aromatic N) is 4. The lowest BCUT2D eigenvalue weighted by molar-refractivity contribution is -0.124. The van der Waals surface area contributed by atoms with Crippen molar-refractivity contribution in [3.8, 4) is 16.9 Å². The van der Waals surface area contributed by atoms with Gasteiger partial charge in [0, 0.05) is 37.0 Å². The highest BCUT2D eigenvalue weighted by Gasteiger charge is 2.51. The number of hydrogen-bond donors (Lipinski definition) is 1. The fourth-order valence-electron chi connectivity index (χ4n) is 9.04. The molecule has 2 aromatic heterocycles. The largest absolute Gasteiger partial charge is 0.496 e. The van der Waals surface area contributed by atoms with Crippen LogP contribution in [-0.2, 0) is 20.5 Å². The van der Waals surface area contributed by atoms with Crippen LogP contribution in [-0.4, -0.2) is 53.1 Å². The van der Waals surface area contributed by atoms with Crippen molar-refractivity contribution >= 4 is 17.8 Å². The van der Waals surface area contributed by atoms with Crippen molar-refractivity contribution in [2.45, 2.75) is 142 Å². The molecule has 4 fully saturated rings. The van der Waals surface area contributed by atoms with Crippen LogP contribution in [0.5, 0.6) is 5.75 Å². The molecule has 0 atom stereocenters. The second-order valence-corrected chi connectivity index (χ2v) is 16.3. The Morgan fingerprint density at radius 2 is 1.69 bits per heavy atom. The third-order valence-corrected chi connectivity index (χ3v) is 13.3. The van der Waals surface area contributed by atoms with Gasteiger partial charge in [0.1, 0.15) is 17.7 Å². The van der Waals surface area contributed by atoms with Gasteiger partial charge in [-0.25, -0.2) is 9.78 Å². The monoisotopic (exact) mass is 711 g/mol. The molecule has 0 spiro atoms. The number of carbonyl (C=O) groups excluding carboxylic acids is 2. The van der Waals surface area contributed by atoms with Gasteiger partial charge in [0.25, 0.3) is 0 Å². The first-order valence-corrected chi connectivity index (χ1v) is 20.0. The third-order valence-electron chi connectivity index (χ3n) is 13.3. The first kappa shape index (κ1) is 37.9. The minimum atomic E-state index is -0.345. The molecule has 0 unspecified atom stereocenters. The number of benzene rings is 1. The minimum absolute atomic E-state index is 0.0459. The van der Waals surface area contributed by atoms with Crippen molar-refractivity contribution in [2.75, 3.05) is 25.1 Å². The molecule has 3 aromatic rings. The summed E-state index contributed by atoms with van der Waals surface area (Å²) in [6, 6.07) is 10.9. The average molecular weight is 712 g/mol. The molecule has 0 saturated heterocycles. The van der Waals surface area contributed by atoms with Gasteiger partial charge in [0.05, 0.1) is 18.8 Å². The van der Waals surface area contributed by atoms with E-state index in [0.717, 1.165) is 86.9 Å². The highest BCUT2D eigenvalue weighted by Crippen LogP contribution is 2.58. The summed E-state index contributed by atoms with van der Waals surface area (Å²) in [5.74, 6) is 1.69. The Bertz CT molecular complexity index is 1660. The summed E-state index contributed by atoms with van der Waals surface area (Å²) in [5, 5.41) is 7.64. The summed E-state index contributed by atoms with van der Waals surface area (Å²) in [4.78, 5) is 34.0. The number of ether oxygens (including phenoxy) is 2. The van der Waals surface area contributed by atoms with Gasteiger partial charge >= 0.3 is 6.09 Å². The van der Waals surface area contributed by atoms with Gasteiger partial charge in [-0.15, -0.1) is 0 Å². The van der Waals surface area contributed by atoms with Gasteiger partial charge < -0.3 is 14.8 Å². The molecule has 4 aliphatic rings. The lowest BCUT2D eigenvalue weighted by atomic mass is 9.51. The van der Waals surface area contributed by atoms with Crippen molar-refractivity contribution in [3.05, 3.63) is 60.0 Å². The van der Waals surface area contributed by atoms with E-state index >= 15 is 0 Å². The molecule has 0 aliphatic heterocycles. The number of aromatic nitrogens is 3. The number of pyridine rings is 1. The van der Waals surface area contributed by atoms with E-state index in [1.165, 1.54) is 11.1 Å². The fraction of sp³-hybridized carbons (Fsp3) is 0.628.